The zero-order valence-corrected chi connectivity index (χ0v) is 26.1. The van der Waals surface area contributed by atoms with Gasteiger partial charge in [0, 0.05) is 35.1 Å². The molecular formula is C38H36N4O4. The van der Waals surface area contributed by atoms with Crippen LogP contribution >= 0.6 is 0 Å². The molecule has 0 bridgehead atoms. The van der Waals surface area contributed by atoms with Crippen molar-refractivity contribution in [1.29, 1.82) is 5.26 Å². The quantitative estimate of drug-likeness (QED) is 0.142. The number of amides is 2. The highest BCUT2D eigenvalue weighted by Crippen LogP contribution is 2.40. The van der Waals surface area contributed by atoms with Crippen LogP contribution in [0.15, 0.2) is 91.1 Å². The van der Waals surface area contributed by atoms with Crippen LogP contribution < -0.4 is 10.6 Å². The lowest BCUT2D eigenvalue weighted by Crippen LogP contribution is -2.36. The molecule has 0 saturated carbocycles. The molecule has 1 unspecified atom stereocenters. The van der Waals surface area contributed by atoms with Gasteiger partial charge in [-0.3, -0.25) is 9.59 Å². The van der Waals surface area contributed by atoms with E-state index in [-0.39, 0.29) is 25.0 Å². The first kappa shape index (κ1) is 31.7. The van der Waals surface area contributed by atoms with Gasteiger partial charge in [-0.05, 0) is 78.4 Å². The SMILES string of the molecule is CCNC(=O)CNC(=O)c1ccc(C(CC)c2c[nH]c3cc(C#N)ccc23)c(-c2ccc(C)cc2C(=O)OCc2ccccc2)c1. The number of ether oxygens (including phenoxy) is 1. The number of aromatic amines is 1. The number of rotatable bonds is 11. The molecule has 1 heterocycles. The molecule has 0 aliphatic heterocycles. The number of fused-ring (bicyclic) bond motifs is 1. The number of esters is 1. The average molecular weight is 613 g/mol. The van der Waals surface area contributed by atoms with E-state index in [0.717, 1.165) is 39.6 Å². The van der Waals surface area contributed by atoms with Gasteiger partial charge >= 0.3 is 5.97 Å². The van der Waals surface area contributed by atoms with Gasteiger partial charge in [0.25, 0.3) is 5.91 Å². The van der Waals surface area contributed by atoms with Gasteiger partial charge in [0.15, 0.2) is 0 Å². The van der Waals surface area contributed by atoms with Crippen molar-refractivity contribution < 1.29 is 19.1 Å². The van der Waals surface area contributed by atoms with Gasteiger partial charge < -0.3 is 20.4 Å². The minimum atomic E-state index is -0.469. The van der Waals surface area contributed by atoms with E-state index in [4.69, 9.17) is 4.74 Å². The highest BCUT2D eigenvalue weighted by molar-refractivity contribution is 6.01. The third-order valence-electron chi connectivity index (χ3n) is 8.00. The van der Waals surface area contributed by atoms with Crippen molar-refractivity contribution in [3.8, 4) is 17.2 Å². The van der Waals surface area contributed by atoms with Crippen LogP contribution in [0, 0.1) is 18.3 Å². The molecule has 8 heteroatoms. The Balaban J connectivity index is 1.61. The number of aromatic nitrogens is 1. The number of carbonyl (C=O) groups excluding carboxylic acids is 3. The fourth-order valence-corrected chi connectivity index (χ4v) is 5.73. The fraction of sp³-hybridized carbons (Fsp3) is 0.211. The molecule has 5 rings (SSSR count). The van der Waals surface area contributed by atoms with Crippen LogP contribution in [0.1, 0.15) is 74.7 Å². The molecule has 0 spiro atoms. The summed E-state index contributed by atoms with van der Waals surface area (Å²) in [5.74, 6) is -1.26. The third-order valence-corrected chi connectivity index (χ3v) is 8.00. The third kappa shape index (κ3) is 7.00. The van der Waals surface area contributed by atoms with Crippen molar-refractivity contribution in [2.75, 3.05) is 13.1 Å². The van der Waals surface area contributed by atoms with Gasteiger partial charge in [-0.25, -0.2) is 4.79 Å². The summed E-state index contributed by atoms with van der Waals surface area (Å²) in [6.07, 6.45) is 2.68. The van der Waals surface area contributed by atoms with Crippen LogP contribution in [-0.4, -0.2) is 35.9 Å². The maximum atomic E-state index is 13.7. The lowest BCUT2D eigenvalue weighted by atomic mass is 9.82. The highest BCUT2D eigenvalue weighted by Gasteiger charge is 2.25. The number of nitriles is 1. The second-order valence-corrected chi connectivity index (χ2v) is 11.1. The predicted octanol–water partition coefficient (Wildman–Crippen LogP) is 6.78. The maximum absolute atomic E-state index is 13.7. The molecule has 0 saturated heterocycles. The second-order valence-electron chi connectivity index (χ2n) is 11.1. The molecule has 46 heavy (non-hydrogen) atoms. The molecule has 0 fully saturated rings. The summed E-state index contributed by atoms with van der Waals surface area (Å²) in [5, 5.41) is 15.8. The van der Waals surface area contributed by atoms with Crippen LogP contribution in [0.5, 0.6) is 0 Å². The largest absolute Gasteiger partial charge is 0.457 e. The Kier molecular flexibility index (Phi) is 9.94. The van der Waals surface area contributed by atoms with Crippen LogP contribution in [-0.2, 0) is 16.1 Å². The monoisotopic (exact) mass is 612 g/mol. The second kappa shape index (κ2) is 14.4. The standard InChI is InChI=1S/C38H36N4O4/c1-4-28(34-21-41-35-18-26(20-39)12-15-31(34)35)29-16-13-27(37(44)42-22-36(43)40-5-2)19-32(29)30-14-11-24(3)17-33(30)38(45)46-23-25-9-7-6-8-10-25/h6-19,21,28,41H,4-5,22-23H2,1-3H3,(H,40,43)(H,42,44). The number of carbonyl (C=O) groups is 3. The first-order valence-corrected chi connectivity index (χ1v) is 15.3. The molecule has 0 radical (unpaired) electrons. The molecule has 0 aliphatic carbocycles. The van der Waals surface area contributed by atoms with E-state index in [1.165, 1.54) is 0 Å². The van der Waals surface area contributed by atoms with Crippen molar-refractivity contribution >= 4 is 28.7 Å². The van der Waals surface area contributed by atoms with Gasteiger partial charge in [0.05, 0.1) is 23.7 Å². The number of nitrogens with one attached hydrogen (secondary N) is 3. The smallest absolute Gasteiger partial charge is 0.339 e. The molecule has 8 nitrogen and oxygen atoms in total. The lowest BCUT2D eigenvalue weighted by molar-refractivity contribution is -0.120. The number of H-pyrrole nitrogens is 1. The minimum Gasteiger partial charge on any atom is -0.457 e. The summed E-state index contributed by atoms with van der Waals surface area (Å²) in [7, 11) is 0. The van der Waals surface area contributed by atoms with E-state index in [9.17, 15) is 19.6 Å². The normalized spacial score (nSPS) is 11.4. The molecule has 1 aromatic heterocycles. The van der Waals surface area contributed by atoms with E-state index >= 15 is 0 Å². The summed E-state index contributed by atoms with van der Waals surface area (Å²) in [6.45, 7) is 6.26. The maximum Gasteiger partial charge on any atom is 0.339 e. The molecule has 0 aliphatic rings. The number of benzene rings is 4. The number of aryl methyl sites for hydroxylation is 1. The Labute approximate surface area is 268 Å². The molecule has 2 amide bonds. The van der Waals surface area contributed by atoms with Gasteiger partial charge in [-0.15, -0.1) is 0 Å². The Hall–Kier alpha value is -5.68. The van der Waals surface area contributed by atoms with Crippen molar-refractivity contribution in [3.05, 3.63) is 130 Å². The summed E-state index contributed by atoms with van der Waals surface area (Å²) in [4.78, 5) is 42.3. The zero-order valence-electron chi connectivity index (χ0n) is 26.1. The molecule has 232 valence electrons. The molecule has 5 aromatic rings. The molecule has 1 atom stereocenters. The van der Waals surface area contributed by atoms with E-state index in [2.05, 4.69) is 28.6 Å². The van der Waals surface area contributed by atoms with Crippen molar-refractivity contribution in [2.24, 2.45) is 0 Å². The van der Waals surface area contributed by atoms with Gasteiger partial charge in [0.1, 0.15) is 6.61 Å². The van der Waals surface area contributed by atoms with Crippen molar-refractivity contribution in [1.82, 2.24) is 15.6 Å². The molecular weight excluding hydrogens is 576 g/mol. The van der Waals surface area contributed by atoms with Crippen LogP contribution in [0.3, 0.4) is 0 Å². The number of hydrogen-bond donors (Lipinski definition) is 3. The van der Waals surface area contributed by atoms with Crippen LogP contribution in [0.25, 0.3) is 22.0 Å². The first-order chi connectivity index (χ1) is 22.3. The van der Waals surface area contributed by atoms with E-state index < -0.39 is 11.9 Å². The average Bonchev–Trinajstić information content (AvgIpc) is 3.50. The van der Waals surface area contributed by atoms with Crippen LogP contribution in [0.4, 0.5) is 0 Å². The van der Waals surface area contributed by atoms with Crippen LogP contribution in [0.2, 0.25) is 0 Å². The van der Waals surface area contributed by atoms with Gasteiger partial charge in [-0.1, -0.05) is 67.1 Å². The highest BCUT2D eigenvalue weighted by atomic mass is 16.5. The minimum absolute atomic E-state index is 0.112. The van der Waals surface area contributed by atoms with Crippen molar-refractivity contribution in [3.63, 3.8) is 0 Å². The number of likely N-dealkylation sites (N-methyl/N-ethyl adjacent to an activating group) is 1. The van der Waals surface area contributed by atoms with E-state index in [0.29, 0.717) is 34.4 Å². The Morgan fingerprint density at radius 3 is 2.43 bits per heavy atom. The van der Waals surface area contributed by atoms with E-state index in [1.807, 2.05) is 86.8 Å². The first-order valence-electron chi connectivity index (χ1n) is 15.3. The van der Waals surface area contributed by atoms with Gasteiger partial charge in [-0.2, -0.15) is 5.26 Å². The molecule has 3 N–H and O–H groups in total. The predicted molar refractivity (Wildman–Crippen MR) is 178 cm³/mol. The van der Waals surface area contributed by atoms with Gasteiger partial charge in [0.2, 0.25) is 5.91 Å². The summed E-state index contributed by atoms with van der Waals surface area (Å²) >= 11 is 0. The fourth-order valence-electron chi connectivity index (χ4n) is 5.73. The lowest BCUT2D eigenvalue weighted by Gasteiger charge is -2.22. The van der Waals surface area contributed by atoms with Crippen molar-refractivity contribution in [2.45, 2.75) is 39.7 Å². The summed E-state index contributed by atoms with van der Waals surface area (Å²) in [6, 6.07) is 28.4. The summed E-state index contributed by atoms with van der Waals surface area (Å²) in [5.41, 5.74) is 7.27. The summed E-state index contributed by atoms with van der Waals surface area (Å²) < 4.78 is 5.78. The number of nitrogens with zero attached hydrogens (tertiary/aromatic N) is 1. The molecule has 4 aromatic carbocycles. The number of hydrogen-bond acceptors (Lipinski definition) is 5. The van der Waals surface area contributed by atoms with E-state index in [1.54, 1.807) is 18.2 Å². The zero-order chi connectivity index (χ0) is 32.6. The Morgan fingerprint density at radius 1 is 0.891 bits per heavy atom. The topological polar surface area (TPSA) is 124 Å². The Morgan fingerprint density at radius 2 is 1.70 bits per heavy atom. The Bertz CT molecular complexity index is 1940.